The Morgan fingerprint density at radius 1 is 1.24 bits per heavy atom. The second-order valence-electron chi connectivity index (χ2n) is 6.42. The van der Waals surface area contributed by atoms with Crippen molar-refractivity contribution >= 4 is 0 Å². The highest BCUT2D eigenvalue weighted by Crippen LogP contribution is 2.32. The molecular formula is C14H28N2O. The highest BCUT2D eigenvalue weighted by Gasteiger charge is 2.33. The van der Waals surface area contributed by atoms with Crippen molar-refractivity contribution in [3.63, 3.8) is 0 Å². The number of hydrogen-bond donors (Lipinski definition) is 3. The molecule has 2 saturated carbocycles. The Labute approximate surface area is 105 Å². The number of nitrogens with two attached hydrogens (primary N) is 1. The summed E-state index contributed by atoms with van der Waals surface area (Å²) in [6, 6.07) is 0.988. The van der Waals surface area contributed by atoms with Crippen LogP contribution in [0.3, 0.4) is 0 Å². The quantitative estimate of drug-likeness (QED) is 0.705. The van der Waals surface area contributed by atoms with Crippen molar-refractivity contribution in [3.8, 4) is 0 Å². The average molecular weight is 240 g/mol. The maximum absolute atomic E-state index is 10.5. The molecule has 0 saturated heterocycles. The van der Waals surface area contributed by atoms with Crippen LogP contribution in [-0.2, 0) is 0 Å². The standard InChI is InChI=1S/C14H28N2O/c1-11-3-2-8-14(17,9-11)10-16-13-6-4-12(15)5-7-13/h11-13,16-17H,2-10,15H2,1H3. The van der Waals surface area contributed by atoms with Crippen LogP contribution in [0.1, 0.15) is 58.3 Å². The molecule has 100 valence electrons. The maximum Gasteiger partial charge on any atom is 0.0774 e. The van der Waals surface area contributed by atoms with Crippen molar-refractivity contribution in [2.75, 3.05) is 6.54 Å². The second kappa shape index (κ2) is 5.68. The molecule has 3 heteroatoms. The van der Waals surface area contributed by atoms with Crippen LogP contribution in [-0.4, -0.2) is 29.3 Å². The minimum Gasteiger partial charge on any atom is -0.389 e. The zero-order valence-electron chi connectivity index (χ0n) is 11.1. The van der Waals surface area contributed by atoms with Crippen molar-refractivity contribution in [2.45, 2.75) is 76.0 Å². The predicted molar refractivity (Wildman–Crippen MR) is 70.8 cm³/mol. The third-order valence-electron chi connectivity index (χ3n) is 4.56. The summed E-state index contributed by atoms with van der Waals surface area (Å²) in [5, 5.41) is 14.1. The lowest BCUT2D eigenvalue weighted by atomic mass is 9.78. The summed E-state index contributed by atoms with van der Waals surface area (Å²) in [4.78, 5) is 0. The van der Waals surface area contributed by atoms with Crippen LogP contribution in [0.25, 0.3) is 0 Å². The van der Waals surface area contributed by atoms with E-state index in [9.17, 15) is 5.11 Å². The molecule has 0 radical (unpaired) electrons. The van der Waals surface area contributed by atoms with Crippen molar-refractivity contribution < 1.29 is 5.11 Å². The van der Waals surface area contributed by atoms with E-state index >= 15 is 0 Å². The van der Waals surface area contributed by atoms with Gasteiger partial charge in [0.2, 0.25) is 0 Å². The summed E-state index contributed by atoms with van der Waals surface area (Å²) in [6.07, 6.45) is 9.00. The van der Waals surface area contributed by atoms with Crippen LogP contribution < -0.4 is 11.1 Å². The van der Waals surface area contributed by atoms with E-state index in [1.54, 1.807) is 0 Å². The van der Waals surface area contributed by atoms with E-state index in [4.69, 9.17) is 5.73 Å². The first-order valence-electron chi connectivity index (χ1n) is 7.29. The van der Waals surface area contributed by atoms with Gasteiger partial charge in [0.05, 0.1) is 5.60 Å². The first-order valence-corrected chi connectivity index (χ1v) is 7.29. The fraction of sp³-hybridized carbons (Fsp3) is 1.00. The molecule has 17 heavy (non-hydrogen) atoms. The normalized spacial score (nSPS) is 43.6. The Morgan fingerprint density at radius 3 is 2.59 bits per heavy atom. The second-order valence-corrected chi connectivity index (χ2v) is 6.42. The molecule has 0 aromatic carbocycles. The van der Waals surface area contributed by atoms with Gasteiger partial charge >= 0.3 is 0 Å². The van der Waals surface area contributed by atoms with Gasteiger partial charge in [0.25, 0.3) is 0 Å². The first kappa shape index (κ1) is 13.3. The Balaban J connectivity index is 1.73. The van der Waals surface area contributed by atoms with E-state index in [0.717, 1.165) is 32.2 Å². The smallest absolute Gasteiger partial charge is 0.0774 e. The van der Waals surface area contributed by atoms with Gasteiger partial charge in [0, 0.05) is 18.6 Å². The largest absolute Gasteiger partial charge is 0.389 e. The average Bonchev–Trinajstić information content (AvgIpc) is 2.28. The molecule has 2 aliphatic carbocycles. The molecule has 0 aromatic rings. The molecule has 0 bridgehead atoms. The molecule has 0 aliphatic heterocycles. The Hall–Kier alpha value is -0.120. The van der Waals surface area contributed by atoms with Gasteiger partial charge in [-0.3, -0.25) is 0 Å². The van der Waals surface area contributed by atoms with Crippen molar-refractivity contribution in [1.82, 2.24) is 5.32 Å². The van der Waals surface area contributed by atoms with Crippen LogP contribution in [0.2, 0.25) is 0 Å². The Kier molecular flexibility index (Phi) is 4.45. The van der Waals surface area contributed by atoms with Crippen molar-refractivity contribution in [3.05, 3.63) is 0 Å². The molecule has 2 fully saturated rings. The molecule has 2 atom stereocenters. The molecule has 2 rings (SSSR count). The van der Waals surface area contributed by atoms with Gasteiger partial charge in [-0.25, -0.2) is 0 Å². The minimum atomic E-state index is -0.447. The molecule has 0 amide bonds. The van der Waals surface area contributed by atoms with Crippen LogP contribution in [0, 0.1) is 5.92 Å². The molecule has 0 spiro atoms. The number of aliphatic hydroxyl groups is 1. The van der Waals surface area contributed by atoms with Crippen LogP contribution in [0.15, 0.2) is 0 Å². The number of rotatable bonds is 3. The van der Waals surface area contributed by atoms with E-state index < -0.39 is 5.60 Å². The number of hydrogen-bond acceptors (Lipinski definition) is 3. The Morgan fingerprint density at radius 2 is 1.94 bits per heavy atom. The van der Waals surface area contributed by atoms with E-state index in [1.807, 2.05) is 0 Å². The molecule has 3 nitrogen and oxygen atoms in total. The van der Waals surface area contributed by atoms with E-state index in [2.05, 4.69) is 12.2 Å². The van der Waals surface area contributed by atoms with Gasteiger partial charge in [-0.05, 0) is 44.4 Å². The van der Waals surface area contributed by atoms with Crippen LogP contribution in [0.5, 0.6) is 0 Å². The SMILES string of the molecule is CC1CCCC(O)(CNC2CCC(N)CC2)C1. The van der Waals surface area contributed by atoms with E-state index in [1.165, 1.54) is 25.7 Å². The zero-order chi connectivity index (χ0) is 12.3. The van der Waals surface area contributed by atoms with E-state index in [0.29, 0.717) is 18.0 Å². The Bertz CT molecular complexity index is 238. The zero-order valence-corrected chi connectivity index (χ0v) is 11.1. The molecular weight excluding hydrogens is 212 g/mol. The lowest BCUT2D eigenvalue weighted by Crippen LogP contribution is -2.48. The summed E-state index contributed by atoms with van der Waals surface area (Å²) in [5.41, 5.74) is 5.46. The van der Waals surface area contributed by atoms with Crippen molar-refractivity contribution in [1.29, 1.82) is 0 Å². The van der Waals surface area contributed by atoms with Gasteiger partial charge in [0.15, 0.2) is 0 Å². The van der Waals surface area contributed by atoms with Gasteiger partial charge in [-0.15, -0.1) is 0 Å². The summed E-state index contributed by atoms with van der Waals surface area (Å²) in [6.45, 7) is 3.03. The predicted octanol–water partition coefficient (Wildman–Crippen LogP) is 1.79. The maximum atomic E-state index is 10.5. The van der Waals surface area contributed by atoms with Crippen LogP contribution >= 0.6 is 0 Å². The lowest BCUT2D eigenvalue weighted by molar-refractivity contribution is -0.0146. The van der Waals surface area contributed by atoms with Crippen molar-refractivity contribution in [2.24, 2.45) is 11.7 Å². The lowest BCUT2D eigenvalue weighted by Gasteiger charge is -2.37. The molecule has 0 aromatic heterocycles. The molecule has 2 aliphatic rings. The summed E-state index contributed by atoms with van der Waals surface area (Å²) in [5.74, 6) is 0.676. The van der Waals surface area contributed by atoms with Gasteiger partial charge < -0.3 is 16.2 Å². The topological polar surface area (TPSA) is 58.3 Å². The highest BCUT2D eigenvalue weighted by atomic mass is 16.3. The van der Waals surface area contributed by atoms with E-state index in [-0.39, 0.29) is 0 Å². The van der Waals surface area contributed by atoms with Crippen LogP contribution in [0.4, 0.5) is 0 Å². The molecule has 4 N–H and O–H groups in total. The summed E-state index contributed by atoms with van der Waals surface area (Å²) in [7, 11) is 0. The summed E-state index contributed by atoms with van der Waals surface area (Å²) < 4.78 is 0. The molecule has 0 heterocycles. The first-order chi connectivity index (χ1) is 8.07. The minimum absolute atomic E-state index is 0.408. The fourth-order valence-corrected chi connectivity index (χ4v) is 3.45. The van der Waals surface area contributed by atoms with Gasteiger partial charge in [0.1, 0.15) is 0 Å². The summed E-state index contributed by atoms with van der Waals surface area (Å²) >= 11 is 0. The fourth-order valence-electron chi connectivity index (χ4n) is 3.45. The third kappa shape index (κ3) is 3.94. The van der Waals surface area contributed by atoms with Gasteiger partial charge in [-0.1, -0.05) is 19.8 Å². The highest BCUT2D eigenvalue weighted by molar-refractivity contribution is 4.89. The molecule has 2 unspecified atom stereocenters. The third-order valence-corrected chi connectivity index (χ3v) is 4.56. The monoisotopic (exact) mass is 240 g/mol. The number of nitrogens with one attached hydrogen (secondary N) is 1. The van der Waals surface area contributed by atoms with Gasteiger partial charge in [-0.2, -0.15) is 0 Å².